The van der Waals surface area contributed by atoms with E-state index in [1.807, 2.05) is 0 Å². The second-order valence-electron chi connectivity index (χ2n) is 10.0. The Morgan fingerprint density at radius 1 is 0.964 bits per heavy atom. The molecule has 1 aromatic rings. The van der Waals surface area contributed by atoms with Crippen molar-refractivity contribution in [3.63, 3.8) is 0 Å². The highest BCUT2D eigenvalue weighted by Gasteiger charge is 2.49. The summed E-state index contributed by atoms with van der Waals surface area (Å²) >= 11 is 0. The van der Waals surface area contributed by atoms with E-state index in [9.17, 15) is 4.79 Å². The van der Waals surface area contributed by atoms with Gasteiger partial charge in [0.25, 0.3) is 0 Å². The molecule has 28 heavy (non-hydrogen) atoms. The van der Waals surface area contributed by atoms with Crippen molar-refractivity contribution in [2.75, 3.05) is 13.1 Å². The number of hydrogen-bond donors (Lipinski definition) is 1. The van der Waals surface area contributed by atoms with Gasteiger partial charge < -0.3 is 5.32 Å². The normalized spacial score (nSPS) is 39.0. The minimum Gasteiger partial charge on any atom is -0.356 e. The van der Waals surface area contributed by atoms with Crippen LogP contribution < -0.4 is 5.32 Å². The van der Waals surface area contributed by atoms with E-state index in [4.69, 9.17) is 0 Å². The van der Waals surface area contributed by atoms with Crippen molar-refractivity contribution in [2.24, 2.45) is 5.41 Å². The van der Waals surface area contributed by atoms with Gasteiger partial charge in [0.2, 0.25) is 5.91 Å². The fourth-order valence-corrected chi connectivity index (χ4v) is 7.04. The van der Waals surface area contributed by atoms with E-state index in [0.717, 1.165) is 37.4 Å². The van der Waals surface area contributed by atoms with E-state index >= 15 is 0 Å². The Hall–Kier alpha value is -1.35. The Balaban J connectivity index is 1.30. The summed E-state index contributed by atoms with van der Waals surface area (Å²) in [6, 6.07) is 11.1. The summed E-state index contributed by atoms with van der Waals surface area (Å²) in [5.41, 5.74) is 2.81. The Bertz CT molecular complexity index is 714. The molecule has 1 spiro atoms. The van der Waals surface area contributed by atoms with Crippen LogP contribution in [0, 0.1) is 5.41 Å². The van der Waals surface area contributed by atoms with Crippen LogP contribution in [0.1, 0.15) is 94.1 Å². The van der Waals surface area contributed by atoms with Gasteiger partial charge in [0.1, 0.15) is 0 Å². The van der Waals surface area contributed by atoms with E-state index in [2.05, 4.69) is 41.4 Å². The van der Waals surface area contributed by atoms with Gasteiger partial charge in [-0.1, -0.05) is 37.1 Å². The highest BCUT2D eigenvalue weighted by atomic mass is 16.2. The van der Waals surface area contributed by atoms with Crippen LogP contribution in [0.25, 0.3) is 0 Å². The molecule has 1 N–H and O–H groups in total. The summed E-state index contributed by atoms with van der Waals surface area (Å²) in [5.74, 6) is 1.46. The van der Waals surface area contributed by atoms with E-state index in [-0.39, 0.29) is 5.41 Å². The molecule has 2 aliphatic carbocycles. The number of likely N-dealkylation sites (tertiary alicyclic amines) is 1. The van der Waals surface area contributed by atoms with Crippen molar-refractivity contribution in [1.82, 2.24) is 10.2 Å². The highest BCUT2D eigenvalue weighted by Crippen LogP contribution is 2.51. The molecular formula is C25H36N2O. The fourth-order valence-electron chi connectivity index (χ4n) is 7.04. The molecule has 2 aliphatic heterocycles. The zero-order valence-electron chi connectivity index (χ0n) is 17.5. The van der Waals surface area contributed by atoms with Crippen molar-refractivity contribution in [1.29, 1.82) is 0 Å². The molecule has 2 saturated heterocycles. The standard InChI is InChI=1S/C25H36N2O/c1-18-5-4-16-27(18)22-12-11-21(17-22)19-7-9-20(10-8-19)23-6-2-3-13-25(23)14-15-26-24(25)28/h7-10,18,21-23H,2-6,11-17H2,1H3,(H,26,28)/t18-,21?,22-,23?,25?/m0/s1. The van der Waals surface area contributed by atoms with E-state index in [0.29, 0.717) is 11.8 Å². The summed E-state index contributed by atoms with van der Waals surface area (Å²) < 4.78 is 0. The summed E-state index contributed by atoms with van der Waals surface area (Å²) in [6.45, 7) is 4.59. The van der Waals surface area contributed by atoms with Crippen LogP contribution in [0.2, 0.25) is 0 Å². The van der Waals surface area contributed by atoms with Gasteiger partial charge in [0, 0.05) is 18.6 Å². The van der Waals surface area contributed by atoms with Crippen molar-refractivity contribution in [3.05, 3.63) is 35.4 Å². The Kier molecular flexibility index (Phi) is 4.99. The molecule has 3 heteroatoms. The molecule has 2 heterocycles. The van der Waals surface area contributed by atoms with Gasteiger partial charge in [-0.3, -0.25) is 9.69 Å². The third kappa shape index (κ3) is 3.10. The van der Waals surface area contributed by atoms with Gasteiger partial charge in [-0.2, -0.15) is 0 Å². The average Bonchev–Trinajstić information content (AvgIpc) is 3.44. The summed E-state index contributed by atoms with van der Waals surface area (Å²) in [5, 5.41) is 3.13. The summed E-state index contributed by atoms with van der Waals surface area (Å²) in [4.78, 5) is 15.5. The minimum atomic E-state index is -0.121. The van der Waals surface area contributed by atoms with Crippen molar-refractivity contribution >= 4 is 5.91 Å². The first kappa shape index (κ1) is 18.7. The van der Waals surface area contributed by atoms with Crippen LogP contribution in [0.5, 0.6) is 0 Å². The Morgan fingerprint density at radius 2 is 1.79 bits per heavy atom. The maximum Gasteiger partial charge on any atom is 0.226 e. The lowest BCUT2D eigenvalue weighted by Gasteiger charge is -2.39. The van der Waals surface area contributed by atoms with Gasteiger partial charge in [0.15, 0.2) is 0 Å². The minimum absolute atomic E-state index is 0.121. The number of amides is 1. The van der Waals surface area contributed by atoms with Gasteiger partial charge in [-0.25, -0.2) is 0 Å². The third-order valence-electron chi connectivity index (χ3n) is 8.63. The predicted molar refractivity (Wildman–Crippen MR) is 113 cm³/mol. The fraction of sp³-hybridized carbons (Fsp3) is 0.720. The smallest absolute Gasteiger partial charge is 0.226 e. The number of benzene rings is 1. The largest absolute Gasteiger partial charge is 0.356 e. The van der Waals surface area contributed by atoms with Crippen LogP contribution >= 0.6 is 0 Å². The molecule has 1 amide bonds. The first-order valence-corrected chi connectivity index (χ1v) is 11.8. The van der Waals surface area contributed by atoms with Gasteiger partial charge in [-0.05, 0) is 87.8 Å². The molecule has 0 aromatic heterocycles. The van der Waals surface area contributed by atoms with Crippen molar-refractivity contribution in [2.45, 2.75) is 95.1 Å². The molecule has 0 radical (unpaired) electrons. The summed E-state index contributed by atoms with van der Waals surface area (Å²) in [7, 11) is 0. The molecule has 5 rings (SSSR count). The first-order valence-electron chi connectivity index (χ1n) is 11.8. The average molecular weight is 381 g/mol. The second-order valence-corrected chi connectivity index (χ2v) is 10.0. The monoisotopic (exact) mass is 380 g/mol. The Morgan fingerprint density at radius 3 is 2.50 bits per heavy atom. The number of nitrogens with one attached hydrogen (secondary N) is 1. The molecule has 4 aliphatic rings. The molecule has 3 unspecified atom stereocenters. The van der Waals surface area contributed by atoms with E-state index < -0.39 is 0 Å². The molecule has 4 fully saturated rings. The third-order valence-corrected chi connectivity index (χ3v) is 8.63. The van der Waals surface area contributed by atoms with Gasteiger partial charge >= 0.3 is 0 Å². The highest BCUT2D eigenvalue weighted by molar-refractivity contribution is 5.86. The topological polar surface area (TPSA) is 32.3 Å². The van der Waals surface area contributed by atoms with Gasteiger partial charge in [0.05, 0.1) is 5.41 Å². The zero-order valence-corrected chi connectivity index (χ0v) is 17.5. The molecule has 5 atom stereocenters. The lowest BCUT2D eigenvalue weighted by atomic mass is 9.63. The maximum atomic E-state index is 12.7. The molecule has 1 aromatic carbocycles. The van der Waals surface area contributed by atoms with Crippen LogP contribution in [0.3, 0.4) is 0 Å². The Labute approximate surface area is 170 Å². The molecule has 0 bridgehead atoms. The quantitative estimate of drug-likeness (QED) is 0.803. The van der Waals surface area contributed by atoms with Gasteiger partial charge in [-0.15, -0.1) is 0 Å². The van der Waals surface area contributed by atoms with E-state index in [1.54, 1.807) is 0 Å². The first-order chi connectivity index (χ1) is 13.7. The van der Waals surface area contributed by atoms with Crippen LogP contribution in [-0.4, -0.2) is 36.0 Å². The lowest BCUT2D eigenvalue weighted by Crippen LogP contribution is -2.39. The molecule has 3 nitrogen and oxygen atoms in total. The lowest BCUT2D eigenvalue weighted by molar-refractivity contribution is -0.130. The number of nitrogens with zero attached hydrogens (tertiary/aromatic N) is 1. The van der Waals surface area contributed by atoms with Crippen LogP contribution in [0.15, 0.2) is 24.3 Å². The number of rotatable bonds is 3. The van der Waals surface area contributed by atoms with E-state index in [1.165, 1.54) is 69.0 Å². The molecule has 152 valence electrons. The predicted octanol–water partition coefficient (Wildman–Crippen LogP) is 4.97. The molecular weight excluding hydrogens is 344 g/mol. The number of carbonyl (C=O) groups is 1. The summed E-state index contributed by atoms with van der Waals surface area (Å²) in [6.07, 6.45) is 12.5. The molecule has 2 saturated carbocycles. The number of carbonyl (C=O) groups excluding carboxylic acids is 1. The van der Waals surface area contributed by atoms with Crippen molar-refractivity contribution in [3.8, 4) is 0 Å². The van der Waals surface area contributed by atoms with Crippen molar-refractivity contribution < 1.29 is 4.79 Å². The maximum absolute atomic E-state index is 12.7. The number of hydrogen-bond acceptors (Lipinski definition) is 2. The second kappa shape index (κ2) is 7.48. The van der Waals surface area contributed by atoms with Crippen LogP contribution in [0.4, 0.5) is 0 Å². The SMILES string of the molecule is C[C@H]1CCCN1[C@H]1CCC(c2ccc(C3CCCCC34CCNC4=O)cc2)C1. The van der Waals surface area contributed by atoms with Crippen LogP contribution in [-0.2, 0) is 4.79 Å². The zero-order chi connectivity index (χ0) is 19.1.